The maximum absolute atomic E-state index is 12.5. The first-order chi connectivity index (χ1) is 11.0. The molecule has 8 heteroatoms. The number of amides is 1. The lowest BCUT2D eigenvalue weighted by Crippen LogP contribution is -2.48. The molecule has 0 unspecified atom stereocenters. The molecule has 1 aliphatic heterocycles. The summed E-state index contributed by atoms with van der Waals surface area (Å²) in [4.78, 5) is 15.6. The summed E-state index contributed by atoms with van der Waals surface area (Å²) >= 11 is 0. The van der Waals surface area contributed by atoms with Crippen LogP contribution in [0.3, 0.4) is 0 Å². The van der Waals surface area contributed by atoms with E-state index in [1.807, 2.05) is 0 Å². The van der Waals surface area contributed by atoms with Crippen LogP contribution in [0.1, 0.15) is 23.2 Å². The highest BCUT2D eigenvalue weighted by Gasteiger charge is 2.33. The van der Waals surface area contributed by atoms with Crippen molar-refractivity contribution in [2.24, 2.45) is 7.05 Å². The molecule has 0 saturated carbocycles. The molecule has 0 bridgehead atoms. The number of aliphatic hydroxyl groups is 2. The Morgan fingerprint density at radius 2 is 1.91 bits per heavy atom. The van der Waals surface area contributed by atoms with Gasteiger partial charge in [-0.15, -0.1) is 10.2 Å². The molecule has 2 heterocycles. The molecule has 23 heavy (non-hydrogen) atoms. The standard InChI is InChI=1S/C15H19N5O3/c1-19-17-13(16-18-19)11-2-4-12(5-3-11)14(22)20-8-6-15(23,10-21)7-9-20/h2-5,21,23H,6-10H2,1H3. The van der Waals surface area contributed by atoms with Crippen molar-refractivity contribution in [3.63, 3.8) is 0 Å². The summed E-state index contributed by atoms with van der Waals surface area (Å²) in [5.74, 6) is 0.432. The molecule has 1 aliphatic rings. The molecule has 0 radical (unpaired) electrons. The number of hydrogen-bond donors (Lipinski definition) is 2. The zero-order valence-corrected chi connectivity index (χ0v) is 12.9. The molecule has 0 spiro atoms. The Bertz CT molecular complexity index is 689. The number of likely N-dealkylation sites (tertiary alicyclic amines) is 1. The van der Waals surface area contributed by atoms with E-state index in [2.05, 4.69) is 15.4 Å². The number of tetrazole rings is 1. The van der Waals surface area contributed by atoms with Gasteiger partial charge in [0, 0.05) is 24.2 Å². The number of aryl methyl sites for hydroxylation is 1. The SMILES string of the molecule is Cn1nnc(-c2ccc(C(=O)N3CCC(O)(CO)CC3)cc2)n1. The van der Waals surface area contributed by atoms with E-state index in [0.29, 0.717) is 37.3 Å². The van der Waals surface area contributed by atoms with Crippen LogP contribution in [0.4, 0.5) is 0 Å². The number of carbonyl (C=O) groups is 1. The Morgan fingerprint density at radius 3 is 2.43 bits per heavy atom. The molecule has 8 nitrogen and oxygen atoms in total. The normalized spacial score (nSPS) is 17.3. The maximum atomic E-state index is 12.5. The third kappa shape index (κ3) is 3.22. The van der Waals surface area contributed by atoms with Gasteiger partial charge in [0.15, 0.2) is 0 Å². The van der Waals surface area contributed by atoms with Gasteiger partial charge in [0.1, 0.15) is 0 Å². The molecule has 1 amide bonds. The lowest BCUT2D eigenvalue weighted by molar-refractivity contribution is -0.0546. The Balaban J connectivity index is 1.69. The molecule has 2 aromatic rings. The van der Waals surface area contributed by atoms with Crippen molar-refractivity contribution >= 4 is 5.91 Å². The van der Waals surface area contributed by atoms with Crippen molar-refractivity contribution in [3.05, 3.63) is 29.8 Å². The molecule has 3 rings (SSSR count). The lowest BCUT2D eigenvalue weighted by atomic mass is 9.92. The summed E-state index contributed by atoms with van der Waals surface area (Å²) in [7, 11) is 1.69. The van der Waals surface area contributed by atoms with Gasteiger partial charge >= 0.3 is 0 Å². The van der Waals surface area contributed by atoms with Crippen LogP contribution < -0.4 is 0 Å². The Labute approximate surface area is 133 Å². The number of aliphatic hydroxyl groups excluding tert-OH is 1. The molecule has 1 fully saturated rings. The van der Waals surface area contributed by atoms with Gasteiger partial charge in [0.2, 0.25) is 5.82 Å². The molecule has 1 aromatic heterocycles. The number of aromatic nitrogens is 4. The van der Waals surface area contributed by atoms with E-state index >= 15 is 0 Å². The Hall–Kier alpha value is -2.32. The molecule has 122 valence electrons. The summed E-state index contributed by atoms with van der Waals surface area (Å²) < 4.78 is 0. The minimum Gasteiger partial charge on any atom is -0.393 e. The molecule has 2 N–H and O–H groups in total. The van der Waals surface area contributed by atoms with Crippen molar-refractivity contribution in [2.75, 3.05) is 19.7 Å². The summed E-state index contributed by atoms with van der Waals surface area (Å²) in [6, 6.07) is 7.05. The topological polar surface area (TPSA) is 104 Å². The first kappa shape index (κ1) is 15.6. The van der Waals surface area contributed by atoms with Crippen LogP contribution >= 0.6 is 0 Å². The number of hydrogen-bond acceptors (Lipinski definition) is 6. The summed E-state index contributed by atoms with van der Waals surface area (Å²) in [5.41, 5.74) is 0.313. The fraction of sp³-hybridized carbons (Fsp3) is 0.467. The van der Waals surface area contributed by atoms with Crippen LogP contribution in [-0.4, -0.2) is 66.5 Å². The highest BCUT2D eigenvalue weighted by molar-refractivity contribution is 5.94. The monoisotopic (exact) mass is 317 g/mol. The average Bonchev–Trinajstić information content (AvgIpc) is 3.02. The van der Waals surface area contributed by atoms with Gasteiger partial charge in [-0.3, -0.25) is 4.79 Å². The maximum Gasteiger partial charge on any atom is 0.253 e. The van der Waals surface area contributed by atoms with Gasteiger partial charge in [0.05, 0.1) is 19.3 Å². The largest absolute Gasteiger partial charge is 0.393 e. The van der Waals surface area contributed by atoms with Gasteiger partial charge in [-0.1, -0.05) is 12.1 Å². The molecule has 0 aliphatic carbocycles. The van der Waals surface area contributed by atoms with Crippen molar-refractivity contribution in [3.8, 4) is 11.4 Å². The Kier molecular flexibility index (Phi) is 4.10. The van der Waals surface area contributed by atoms with Crippen LogP contribution in [0.5, 0.6) is 0 Å². The van der Waals surface area contributed by atoms with E-state index in [4.69, 9.17) is 5.11 Å². The molecular weight excluding hydrogens is 298 g/mol. The number of benzene rings is 1. The lowest BCUT2D eigenvalue weighted by Gasteiger charge is -2.37. The zero-order valence-electron chi connectivity index (χ0n) is 12.9. The predicted octanol–water partition coefficient (Wildman–Crippen LogP) is -0.164. The predicted molar refractivity (Wildman–Crippen MR) is 81.4 cm³/mol. The second kappa shape index (κ2) is 6.05. The van der Waals surface area contributed by atoms with Crippen LogP contribution in [0.2, 0.25) is 0 Å². The van der Waals surface area contributed by atoms with Crippen LogP contribution in [-0.2, 0) is 7.05 Å². The quantitative estimate of drug-likeness (QED) is 0.815. The molecule has 1 saturated heterocycles. The van der Waals surface area contributed by atoms with Gasteiger partial charge in [-0.2, -0.15) is 4.80 Å². The van der Waals surface area contributed by atoms with Crippen LogP contribution in [0.15, 0.2) is 24.3 Å². The van der Waals surface area contributed by atoms with Gasteiger partial charge in [-0.25, -0.2) is 0 Å². The van der Waals surface area contributed by atoms with E-state index in [1.165, 1.54) is 4.80 Å². The molecular formula is C15H19N5O3. The minimum atomic E-state index is -1.06. The van der Waals surface area contributed by atoms with E-state index in [1.54, 1.807) is 36.2 Å². The van der Waals surface area contributed by atoms with Crippen molar-refractivity contribution < 1.29 is 15.0 Å². The number of nitrogens with zero attached hydrogens (tertiary/aromatic N) is 5. The third-order valence-electron chi connectivity index (χ3n) is 4.17. The fourth-order valence-corrected chi connectivity index (χ4v) is 2.63. The third-order valence-corrected chi connectivity index (χ3v) is 4.17. The van der Waals surface area contributed by atoms with E-state index in [-0.39, 0.29) is 12.5 Å². The van der Waals surface area contributed by atoms with Crippen molar-refractivity contribution in [2.45, 2.75) is 18.4 Å². The highest BCUT2D eigenvalue weighted by Crippen LogP contribution is 2.23. The van der Waals surface area contributed by atoms with Gasteiger partial charge in [-0.05, 0) is 30.2 Å². The summed E-state index contributed by atoms with van der Waals surface area (Å²) in [6.45, 7) is 0.599. The zero-order chi connectivity index (χ0) is 16.4. The Morgan fingerprint density at radius 1 is 1.26 bits per heavy atom. The van der Waals surface area contributed by atoms with Gasteiger partial charge in [0.25, 0.3) is 5.91 Å². The molecule has 1 aromatic carbocycles. The van der Waals surface area contributed by atoms with Crippen molar-refractivity contribution in [1.29, 1.82) is 0 Å². The van der Waals surface area contributed by atoms with Gasteiger partial charge < -0.3 is 15.1 Å². The summed E-state index contributed by atoms with van der Waals surface area (Å²) in [6.07, 6.45) is 0.772. The first-order valence-electron chi connectivity index (χ1n) is 7.48. The number of piperidine rings is 1. The van der Waals surface area contributed by atoms with E-state index < -0.39 is 5.60 Å². The first-order valence-corrected chi connectivity index (χ1v) is 7.48. The van der Waals surface area contributed by atoms with Crippen molar-refractivity contribution in [1.82, 2.24) is 25.1 Å². The number of rotatable bonds is 3. The highest BCUT2D eigenvalue weighted by atomic mass is 16.3. The number of carbonyl (C=O) groups excluding carboxylic acids is 1. The molecule has 0 atom stereocenters. The fourth-order valence-electron chi connectivity index (χ4n) is 2.63. The van der Waals surface area contributed by atoms with E-state index in [0.717, 1.165) is 5.56 Å². The van der Waals surface area contributed by atoms with Crippen LogP contribution in [0, 0.1) is 0 Å². The average molecular weight is 317 g/mol. The van der Waals surface area contributed by atoms with E-state index in [9.17, 15) is 9.90 Å². The second-order valence-corrected chi connectivity index (χ2v) is 5.85. The minimum absolute atomic E-state index is 0.0800. The smallest absolute Gasteiger partial charge is 0.253 e. The summed E-state index contributed by atoms with van der Waals surface area (Å²) in [5, 5.41) is 31.0. The van der Waals surface area contributed by atoms with Crippen LogP contribution in [0.25, 0.3) is 11.4 Å². The second-order valence-electron chi connectivity index (χ2n) is 5.85.